The number of ether oxygens (including phenoxy) is 1. The number of aryl methyl sites for hydroxylation is 2. The van der Waals surface area contributed by atoms with Gasteiger partial charge in [-0.3, -0.25) is 0 Å². The van der Waals surface area contributed by atoms with Gasteiger partial charge in [0.1, 0.15) is 0 Å². The molecule has 0 spiro atoms. The van der Waals surface area contributed by atoms with E-state index in [1.165, 1.54) is 0 Å². The minimum atomic E-state index is -3.52. The van der Waals surface area contributed by atoms with Crippen molar-refractivity contribution < 1.29 is 13.2 Å². The SMILES string of the molecule is CNc1cc(C)c(S(=O)(=O)NC(C)C2CCOC2)c(C)c1. The van der Waals surface area contributed by atoms with Crippen molar-refractivity contribution in [2.45, 2.75) is 38.1 Å². The molecule has 0 aliphatic carbocycles. The van der Waals surface area contributed by atoms with Gasteiger partial charge in [-0.15, -0.1) is 0 Å². The van der Waals surface area contributed by atoms with Crippen LogP contribution in [-0.2, 0) is 14.8 Å². The lowest BCUT2D eigenvalue weighted by atomic mass is 10.0. The molecule has 2 N–H and O–H groups in total. The Labute approximate surface area is 127 Å². The van der Waals surface area contributed by atoms with E-state index < -0.39 is 10.0 Å². The van der Waals surface area contributed by atoms with Gasteiger partial charge in [0.2, 0.25) is 10.0 Å². The summed E-state index contributed by atoms with van der Waals surface area (Å²) in [6.07, 6.45) is 0.903. The van der Waals surface area contributed by atoms with Gasteiger partial charge in [0.05, 0.1) is 11.5 Å². The molecule has 2 rings (SSSR count). The first-order valence-corrected chi connectivity index (χ1v) is 8.72. The van der Waals surface area contributed by atoms with Crippen LogP contribution in [0, 0.1) is 19.8 Å². The minimum Gasteiger partial charge on any atom is -0.388 e. The second kappa shape index (κ2) is 6.34. The van der Waals surface area contributed by atoms with Crippen molar-refractivity contribution in [1.82, 2.24) is 4.72 Å². The van der Waals surface area contributed by atoms with Crippen LogP contribution in [0.4, 0.5) is 5.69 Å². The van der Waals surface area contributed by atoms with E-state index in [2.05, 4.69) is 10.0 Å². The summed E-state index contributed by atoms with van der Waals surface area (Å²) in [5, 5.41) is 3.04. The van der Waals surface area contributed by atoms with E-state index in [0.29, 0.717) is 18.1 Å². The quantitative estimate of drug-likeness (QED) is 0.873. The Morgan fingerprint density at radius 1 is 1.29 bits per heavy atom. The van der Waals surface area contributed by atoms with Crippen molar-refractivity contribution in [3.8, 4) is 0 Å². The molecule has 1 aliphatic rings. The maximum absolute atomic E-state index is 12.7. The van der Waals surface area contributed by atoms with E-state index in [-0.39, 0.29) is 12.0 Å². The number of anilines is 1. The lowest BCUT2D eigenvalue weighted by molar-refractivity contribution is 0.180. The van der Waals surface area contributed by atoms with Gasteiger partial charge >= 0.3 is 0 Å². The van der Waals surface area contributed by atoms with Crippen molar-refractivity contribution >= 4 is 15.7 Å². The zero-order valence-corrected chi connectivity index (χ0v) is 13.9. The summed E-state index contributed by atoms with van der Waals surface area (Å²) in [5.74, 6) is 0.247. The number of nitrogens with one attached hydrogen (secondary N) is 2. The molecule has 5 nitrogen and oxygen atoms in total. The van der Waals surface area contributed by atoms with Crippen LogP contribution in [0.25, 0.3) is 0 Å². The highest BCUT2D eigenvalue weighted by Crippen LogP contribution is 2.25. The third kappa shape index (κ3) is 3.56. The van der Waals surface area contributed by atoms with Gasteiger partial charge in [-0.25, -0.2) is 13.1 Å². The van der Waals surface area contributed by atoms with E-state index in [0.717, 1.165) is 23.2 Å². The summed E-state index contributed by atoms with van der Waals surface area (Å²) < 4.78 is 33.5. The van der Waals surface area contributed by atoms with Crippen molar-refractivity contribution in [2.75, 3.05) is 25.6 Å². The van der Waals surface area contributed by atoms with Crippen molar-refractivity contribution in [3.63, 3.8) is 0 Å². The molecule has 0 saturated carbocycles. The molecule has 1 aliphatic heterocycles. The van der Waals surface area contributed by atoms with Crippen LogP contribution >= 0.6 is 0 Å². The van der Waals surface area contributed by atoms with E-state index in [9.17, 15) is 8.42 Å². The zero-order valence-electron chi connectivity index (χ0n) is 13.1. The Morgan fingerprint density at radius 3 is 2.38 bits per heavy atom. The molecule has 1 aromatic carbocycles. The molecule has 6 heteroatoms. The van der Waals surface area contributed by atoms with Crippen LogP contribution in [0.3, 0.4) is 0 Å². The van der Waals surface area contributed by atoms with Gasteiger partial charge in [-0.05, 0) is 50.5 Å². The van der Waals surface area contributed by atoms with Crippen LogP contribution in [0.5, 0.6) is 0 Å². The predicted octanol–water partition coefficient (Wildman–Crippen LogP) is 2.05. The standard InChI is InChI=1S/C15H24N2O3S/c1-10-7-14(16-4)8-11(2)15(10)21(18,19)17-12(3)13-5-6-20-9-13/h7-8,12-13,16-17H,5-6,9H2,1-4H3. The number of hydrogen-bond donors (Lipinski definition) is 2. The molecule has 0 bridgehead atoms. The van der Waals surface area contributed by atoms with E-state index >= 15 is 0 Å². The normalized spacial score (nSPS) is 20.5. The van der Waals surface area contributed by atoms with E-state index in [1.54, 1.807) is 0 Å². The van der Waals surface area contributed by atoms with Gasteiger partial charge in [0, 0.05) is 31.3 Å². The third-order valence-electron chi connectivity index (χ3n) is 4.03. The highest BCUT2D eigenvalue weighted by Gasteiger charge is 2.28. The Hall–Kier alpha value is -1.11. The van der Waals surface area contributed by atoms with Crippen LogP contribution in [-0.4, -0.2) is 34.7 Å². The molecule has 2 unspecified atom stereocenters. The molecular formula is C15H24N2O3S. The lowest BCUT2D eigenvalue weighted by Gasteiger charge is -2.21. The molecule has 0 amide bonds. The molecule has 2 atom stereocenters. The molecule has 0 radical (unpaired) electrons. The van der Waals surface area contributed by atoms with Crippen LogP contribution in [0.15, 0.2) is 17.0 Å². The summed E-state index contributed by atoms with van der Waals surface area (Å²) >= 11 is 0. The number of sulfonamides is 1. The number of hydrogen-bond acceptors (Lipinski definition) is 4. The maximum atomic E-state index is 12.7. The van der Waals surface area contributed by atoms with E-state index in [4.69, 9.17) is 4.74 Å². The van der Waals surface area contributed by atoms with Gasteiger partial charge in [0.15, 0.2) is 0 Å². The second-order valence-corrected chi connectivity index (χ2v) is 7.37. The average Bonchev–Trinajstić information content (AvgIpc) is 2.90. The molecule has 1 aromatic rings. The molecule has 1 heterocycles. The molecule has 1 fully saturated rings. The van der Waals surface area contributed by atoms with Crippen molar-refractivity contribution in [1.29, 1.82) is 0 Å². The van der Waals surface area contributed by atoms with E-state index in [1.807, 2.05) is 40.0 Å². The van der Waals surface area contributed by atoms with Crippen LogP contribution in [0.2, 0.25) is 0 Å². The molecule has 118 valence electrons. The summed E-state index contributed by atoms with van der Waals surface area (Å²) in [7, 11) is -1.69. The fourth-order valence-corrected chi connectivity index (χ4v) is 4.63. The Morgan fingerprint density at radius 2 is 1.90 bits per heavy atom. The number of benzene rings is 1. The first-order chi connectivity index (χ1) is 9.85. The fraction of sp³-hybridized carbons (Fsp3) is 0.600. The molecular weight excluding hydrogens is 288 g/mol. The van der Waals surface area contributed by atoms with Crippen molar-refractivity contribution in [2.24, 2.45) is 5.92 Å². The Balaban J connectivity index is 2.27. The van der Waals surface area contributed by atoms with Crippen molar-refractivity contribution in [3.05, 3.63) is 23.3 Å². The van der Waals surface area contributed by atoms with Gasteiger partial charge in [-0.1, -0.05) is 0 Å². The first kappa shape index (κ1) is 16.3. The number of rotatable bonds is 5. The largest absolute Gasteiger partial charge is 0.388 e. The van der Waals surface area contributed by atoms with Gasteiger partial charge < -0.3 is 10.1 Å². The maximum Gasteiger partial charge on any atom is 0.241 e. The Bertz CT molecular complexity index is 584. The average molecular weight is 312 g/mol. The zero-order chi connectivity index (χ0) is 15.6. The summed E-state index contributed by atoms with van der Waals surface area (Å²) in [6.45, 7) is 6.90. The molecule has 0 aromatic heterocycles. The highest BCUT2D eigenvalue weighted by molar-refractivity contribution is 7.89. The van der Waals surface area contributed by atoms with Crippen LogP contribution in [0.1, 0.15) is 24.5 Å². The summed E-state index contributed by atoms with van der Waals surface area (Å²) in [6, 6.07) is 3.58. The smallest absolute Gasteiger partial charge is 0.241 e. The summed E-state index contributed by atoms with van der Waals surface area (Å²) in [5.41, 5.74) is 2.42. The van der Waals surface area contributed by atoms with Crippen LogP contribution < -0.4 is 10.0 Å². The predicted molar refractivity (Wildman–Crippen MR) is 84.2 cm³/mol. The van der Waals surface area contributed by atoms with Gasteiger partial charge in [-0.2, -0.15) is 0 Å². The fourth-order valence-electron chi connectivity index (χ4n) is 2.87. The van der Waals surface area contributed by atoms with Gasteiger partial charge in [0.25, 0.3) is 0 Å². The lowest BCUT2D eigenvalue weighted by Crippen LogP contribution is -2.38. The third-order valence-corrected chi connectivity index (χ3v) is 5.89. The molecule has 1 saturated heterocycles. The highest BCUT2D eigenvalue weighted by atomic mass is 32.2. The molecule has 21 heavy (non-hydrogen) atoms. The Kier molecular flexibility index (Phi) is 4.91. The monoisotopic (exact) mass is 312 g/mol. The minimum absolute atomic E-state index is 0.125. The summed E-state index contributed by atoms with van der Waals surface area (Å²) in [4.78, 5) is 0.382. The first-order valence-electron chi connectivity index (χ1n) is 7.24. The second-order valence-electron chi connectivity index (χ2n) is 5.72. The topological polar surface area (TPSA) is 67.4 Å².